The molecule has 18 heavy (non-hydrogen) atoms. The maximum absolute atomic E-state index is 12.3. The molecule has 0 aromatic rings. The molecule has 6 heteroatoms. The molecule has 1 heterocycles. The third-order valence-electron chi connectivity index (χ3n) is 3.47. The summed E-state index contributed by atoms with van der Waals surface area (Å²) in [6.07, 6.45) is 4.94. The van der Waals surface area contributed by atoms with Crippen LogP contribution in [0.25, 0.3) is 0 Å². The number of nitrogens with two attached hydrogens (primary N) is 1. The van der Waals surface area contributed by atoms with Gasteiger partial charge in [-0.15, -0.1) is 0 Å². The minimum absolute atomic E-state index is 0.0372. The Balaban J connectivity index is 2.53. The lowest BCUT2D eigenvalue weighted by molar-refractivity contribution is 0.152. The molecule has 0 aliphatic carbocycles. The average Bonchev–Trinajstić information content (AvgIpc) is 2.65. The van der Waals surface area contributed by atoms with Crippen molar-refractivity contribution in [3.05, 3.63) is 0 Å². The first-order valence-electron chi connectivity index (χ1n) is 6.54. The number of amidine groups is 1. The highest BCUT2D eigenvalue weighted by molar-refractivity contribution is 5.81. The van der Waals surface area contributed by atoms with Gasteiger partial charge in [0.05, 0.1) is 0 Å². The molecule has 1 fully saturated rings. The predicted molar refractivity (Wildman–Crippen MR) is 70.7 cm³/mol. The molecule has 1 saturated heterocycles. The molecular formula is C12H24N4O2. The molecule has 0 aromatic heterocycles. The van der Waals surface area contributed by atoms with E-state index in [9.17, 15) is 4.79 Å². The van der Waals surface area contributed by atoms with Crippen LogP contribution in [0.5, 0.6) is 0 Å². The highest BCUT2D eigenvalue weighted by atomic mass is 16.4. The standard InChI is InChI=1S/C12H24N4O2/c1-10(9-11(13)14-18)15(2)12(17)16-7-5-3-4-6-8-16/h10,18H,3-9H2,1-2H3,(H2,13,14). The number of nitrogens with zero attached hydrogens (tertiary/aromatic N) is 3. The van der Waals surface area contributed by atoms with Crippen LogP contribution in [0.4, 0.5) is 4.79 Å². The number of carbonyl (C=O) groups is 1. The van der Waals surface area contributed by atoms with Crippen molar-refractivity contribution in [1.29, 1.82) is 0 Å². The van der Waals surface area contributed by atoms with Crippen molar-refractivity contribution in [1.82, 2.24) is 9.80 Å². The highest BCUT2D eigenvalue weighted by Gasteiger charge is 2.23. The molecule has 0 radical (unpaired) electrons. The predicted octanol–water partition coefficient (Wildman–Crippen LogP) is 1.44. The lowest BCUT2D eigenvalue weighted by Crippen LogP contribution is -2.46. The van der Waals surface area contributed by atoms with Crippen LogP contribution in [0.3, 0.4) is 0 Å². The number of urea groups is 1. The van der Waals surface area contributed by atoms with Crippen molar-refractivity contribution in [2.75, 3.05) is 20.1 Å². The van der Waals surface area contributed by atoms with E-state index < -0.39 is 0 Å². The third-order valence-corrected chi connectivity index (χ3v) is 3.47. The Morgan fingerprint density at radius 1 is 1.39 bits per heavy atom. The van der Waals surface area contributed by atoms with Gasteiger partial charge in [-0.2, -0.15) is 0 Å². The number of likely N-dealkylation sites (tertiary alicyclic amines) is 1. The van der Waals surface area contributed by atoms with E-state index in [4.69, 9.17) is 10.9 Å². The lowest BCUT2D eigenvalue weighted by atomic mass is 10.2. The van der Waals surface area contributed by atoms with Crippen LogP contribution in [0.15, 0.2) is 5.16 Å². The fraction of sp³-hybridized carbons (Fsp3) is 0.833. The lowest BCUT2D eigenvalue weighted by Gasteiger charge is -2.31. The van der Waals surface area contributed by atoms with Crippen molar-refractivity contribution in [3.8, 4) is 0 Å². The molecule has 2 amide bonds. The summed E-state index contributed by atoms with van der Waals surface area (Å²) in [7, 11) is 1.77. The molecule has 1 atom stereocenters. The van der Waals surface area contributed by atoms with Crippen molar-refractivity contribution < 1.29 is 10.0 Å². The van der Waals surface area contributed by atoms with E-state index in [0.717, 1.165) is 25.9 Å². The first-order chi connectivity index (χ1) is 8.56. The third kappa shape index (κ3) is 4.09. The smallest absolute Gasteiger partial charge is 0.319 e. The normalized spacial score (nSPS) is 19.2. The van der Waals surface area contributed by atoms with Crippen LogP contribution in [-0.2, 0) is 0 Å². The summed E-state index contributed by atoms with van der Waals surface area (Å²) in [5.41, 5.74) is 5.46. The van der Waals surface area contributed by atoms with Gasteiger partial charge in [-0.05, 0) is 19.8 Å². The Bertz CT molecular complexity index is 298. The minimum atomic E-state index is -0.0725. The van der Waals surface area contributed by atoms with Gasteiger partial charge in [0, 0.05) is 32.6 Å². The topological polar surface area (TPSA) is 82.2 Å². The van der Waals surface area contributed by atoms with E-state index in [1.807, 2.05) is 11.8 Å². The van der Waals surface area contributed by atoms with Crippen molar-refractivity contribution >= 4 is 11.9 Å². The van der Waals surface area contributed by atoms with Gasteiger partial charge in [-0.25, -0.2) is 4.79 Å². The van der Waals surface area contributed by atoms with E-state index in [2.05, 4.69) is 5.16 Å². The summed E-state index contributed by atoms with van der Waals surface area (Å²) in [6.45, 7) is 3.56. The van der Waals surface area contributed by atoms with Gasteiger partial charge in [0.1, 0.15) is 5.84 Å². The number of oxime groups is 1. The molecule has 3 N–H and O–H groups in total. The molecule has 1 aliphatic heterocycles. The van der Waals surface area contributed by atoms with Gasteiger partial charge in [0.25, 0.3) is 0 Å². The second-order valence-electron chi connectivity index (χ2n) is 4.94. The number of hydrogen-bond acceptors (Lipinski definition) is 3. The zero-order valence-corrected chi connectivity index (χ0v) is 11.3. The number of hydrogen-bond donors (Lipinski definition) is 2. The Morgan fingerprint density at radius 3 is 2.44 bits per heavy atom. The molecular weight excluding hydrogens is 232 g/mol. The summed E-state index contributed by atoms with van der Waals surface area (Å²) >= 11 is 0. The second-order valence-corrected chi connectivity index (χ2v) is 4.94. The monoisotopic (exact) mass is 256 g/mol. The van der Waals surface area contributed by atoms with Crippen molar-refractivity contribution in [3.63, 3.8) is 0 Å². The fourth-order valence-corrected chi connectivity index (χ4v) is 2.15. The number of amides is 2. The van der Waals surface area contributed by atoms with Gasteiger partial charge in [-0.3, -0.25) is 0 Å². The van der Waals surface area contributed by atoms with Crippen LogP contribution < -0.4 is 5.73 Å². The first kappa shape index (κ1) is 14.6. The molecule has 1 aliphatic rings. The Kier molecular flexibility index (Phi) is 5.74. The summed E-state index contributed by atoms with van der Waals surface area (Å²) < 4.78 is 0. The number of carbonyl (C=O) groups excluding carboxylic acids is 1. The molecule has 0 spiro atoms. The SMILES string of the molecule is CC(CC(N)=NO)N(C)C(=O)N1CCCCCC1. The van der Waals surface area contributed by atoms with Crippen molar-refractivity contribution in [2.45, 2.75) is 45.1 Å². The summed E-state index contributed by atoms with van der Waals surface area (Å²) in [6, 6.07) is -0.0354. The van der Waals surface area contributed by atoms with Gasteiger partial charge in [0.2, 0.25) is 0 Å². The average molecular weight is 256 g/mol. The summed E-state index contributed by atoms with van der Waals surface area (Å²) in [4.78, 5) is 15.8. The largest absolute Gasteiger partial charge is 0.409 e. The second kappa shape index (κ2) is 7.08. The quantitative estimate of drug-likeness (QED) is 0.347. The zero-order valence-electron chi connectivity index (χ0n) is 11.3. The zero-order chi connectivity index (χ0) is 13.5. The molecule has 0 saturated carbocycles. The molecule has 1 rings (SSSR count). The van der Waals surface area contributed by atoms with E-state index >= 15 is 0 Å². The molecule has 0 aromatic carbocycles. The number of rotatable bonds is 3. The van der Waals surface area contributed by atoms with E-state index in [-0.39, 0.29) is 17.9 Å². The maximum atomic E-state index is 12.3. The van der Waals surface area contributed by atoms with Gasteiger partial charge >= 0.3 is 6.03 Å². The van der Waals surface area contributed by atoms with Crippen molar-refractivity contribution in [2.24, 2.45) is 10.9 Å². The first-order valence-corrected chi connectivity index (χ1v) is 6.54. The van der Waals surface area contributed by atoms with Crippen LogP contribution in [0.1, 0.15) is 39.0 Å². The Morgan fingerprint density at radius 2 is 1.94 bits per heavy atom. The van der Waals surface area contributed by atoms with Crippen LogP contribution in [0.2, 0.25) is 0 Å². The molecule has 1 unspecified atom stereocenters. The van der Waals surface area contributed by atoms with Crippen LogP contribution >= 0.6 is 0 Å². The van der Waals surface area contributed by atoms with E-state index in [1.165, 1.54) is 12.8 Å². The highest BCUT2D eigenvalue weighted by Crippen LogP contribution is 2.13. The van der Waals surface area contributed by atoms with Gasteiger partial charge < -0.3 is 20.7 Å². The van der Waals surface area contributed by atoms with E-state index in [1.54, 1.807) is 11.9 Å². The molecule has 104 valence electrons. The minimum Gasteiger partial charge on any atom is -0.409 e. The Hall–Kier alpha value is -1.46. The summed E-state index contributed by atoms with van der Waals surface area (Å²) in [5, 5.41) is 11.5. The van der Waals surface area contributed by atoms with Gasteiger partial charge in [-0.1, -0.05) is 18.0 Å². The van der Waals surface area contributed by atoms with Crippen LogP contribution in [0, 0.1) is 0 Å². The fourth-order valence-electron chi connectivity index (χ4n) is 2.15. The molecule has 0 bridgehead atoms. The molecule has 6 nitrogen and oxygen atoms in total. The van der Waals surface area contributed by atoms with E-state index in [0.29, 0.717) is 6.42 Å². The summed E-state index contributed by atoms with van der Waals surface area (Å²) in [5.74, 6) is 0.151. The van der Waals surface area contributed by atoms with Crippen LogP contribution in [-0.4, -0.2) is 53.1 Å². The Labute approximate surface area is 108 Å². The maximum Gasteiger partial charge on any atom is 0.319 e. The van der Waals surface area contributed by atoms with Gasteiger partial charge in [0.15, 0.2) is 0 Å².